The molecule has 2 N–H and O–H groups in total. The number of rotatable bonds is 4. The van der Waals surface area contributed by atoms with E-state index in [1.165, 1.54) is 0 Å². The molecule has 2 rings (SSSR count). The number of halogens is 1. The number of aliphatic hydroxyl groups excluding tert-OH is 1. The number of ether oxygens (including phenoxy) is 1. The lowest BCUT2D eigenvalue weighted by Gasteiger charge is -2.21. The second kappa shape index (κ2) is 6.23. The maximum atomic E-state index is 12.0. The highest BCUT2D eigenvalue weighted by Gasteiger charge is 2.38. The van der Waals surface area contributed by atoms with E-state index in [0.29, 0.717) is 5.75 Å². The first-order valence-corrected chi connectivity index (χ1v) is 6.85. The standard InChI is InChI=1S/C13H14BrNO5/c14-8-1-3-10(4-2-8)20-7-12(17)15-6-9(16)5-11(15)13(18)19/h1-4,9,11,16H,5-7H2,(H,18,19)/t9-,11+/m1/s1. The van der Waals surface area contributed by atoms with E-state index in [2.05, 4.69) is 15.9 Å². The van der Waals surface area contributed by atoms with Gasteiger partial charge in [-0.2, -0.15) is 0 Å². The van der Waals surface area contributed by atoms with Crippen molar-refractivity contribution in [3.63, 3.8) is 0 Å². The van der Waals surface area contributed by atoms with Gasteiger partial charge < -0.3 is 19.8 Å². The molecule has 1 aromatic carbocycles. The molecular weight excluding hydrogens is 330 g/mol. The van der Waals surface area contributed by atoms with E-state index in [9.17, 15) is 14.7 Å². The molecule has 0 saturated carbocycles. The Morgan fingerprint density at radius 3 is 2.60 bits per heavy atom. The quantitative estimate of drug-likeness (QED) is 0.847. The van der Waals surface area contributed by atoms with E-state index >= 15 is 0 Å². The zero-order valence-electron chi connectivity index (χ0n) is 10.5. The fraction of sp³-hybridized carbons (Fsp3) is 0.385. The van der Waals surface area contributed by atoms with Crippen LogP contribution in [-0.2, 0) is 9.59 Å². The Kier molecular flexibility index (Phi) is 4.61. The predicted molar refractivity (Wildman–Crippen MR) is 73.4 cm³/mol. The van der Waals surface area contributed by atoms with Crippen molar-refractivity contribution in [1.82, 2.24) is 4.90 Å². The van der Waals surface area contributed by atoms with Crippen LogP contribution in [0.2, 0.25) is 0 Å². The minimum Gasteiger partial charge on any atom is -0.484 e. The molecule has 7 heteroatoms. The van der Waals surface area contributed by atoms with Crippen LogP contribution in [0.3, 0.4) is 0 Å². The summed E-state index contributed by atoms with van der Waals surface area (Å²) >= 11 is 3.29. The third kappa shape index (κ3) is 3.49. The van der Waals surface area contributed by atoms with Gasteiger partial charge in [0.25, 0.3) is 5.91 Å². The van der Waals surface area contributed by atoms with Gasteiger partial charge in [-0.15, -0.1) is 0 Å². The number of β-amino-alcohol motifs (C(OH)–C–C–N with tert-alkyl or cyclic N) is 1. The lowest BCUT2D eigenvalue weighted by Crippen LogP contribution is -2.42. The largest absolute Gasteiger partial charge is 0.484 e. The Hall–Kier alpha value is -1.60. The van der Waals surface area contributed by atoms with Crippen LogP contribution in [-0.4, -0.2) is 52.3 Å². The van der Waals surface area contributed by atoms with Gasteiger partial charge in [0, 0.05) is 17.4 Å². The fourth-order valence-electron chi connectivity index (χ4n) is 2.08. The lowest BCUT2D eigenvalue weighted by molar-refractivity contribution is -0.148. The summed E-state index contributed by atoms with van der Waals surface area (Å²) in [6.07, 6.45) is -0.743. The maximum Gasteiger partial charge on any atom is 0.326 e. The highest BCUT2D eigenvalue weighted by molar-refractivity contribution is 9.10. The summed E-state index contributed by atoms with van der Waals surface area (Å²) in [5.74, 6) is -1.04. The van der Waals surface area contributed by atoms with Crippen molar-refractivity contribution < 1.29 is 24.5 Å². The third-order valence-electron chi connectivity index (χ3n) is 3.06. The zero-order chi connectivity index (χ0) is 14.7. The van der Waals surface area contributed by atoms with Crippen molar-refractivity contribution in [3.05, 3.63) is 28.7 Å². The SMILES string of the molecule is O=C(O)[C@@H]1C[C@@H](O)CN1C(=O)COc1ccc(Br)cc1. The first-order valence-electron chi connectivity index (χ1n) is 6.06. The Morgan fingerprint density at radius 2 is 2.00 bits per heavy atom. The minimum absolute atomic E-state index is 0.0273. The van der Waals surface area contributed by atoms with Crippen LogP contribution in [0.4, 0.5) is 0 Å². The molecular formula is C13H14BrNO5. The van der Waals surface area contributed by atoms with Crippen LogP contribution in [0.25, 0.3) is 0 Å². The Balaban J connectivity index is 1.94. The Morgan fingerprint density at radius 1 is 1.35 bits per heavy atom. The summed E-state index contributed by atoms with van der Waals surface area (Å²) in [6.45, 7) is -0.225. The van der Waals surface area contributed by atoms with Crippen LogP contribution < -0.4 is 4.74 Å². The topological polar surface area (TPSA) is 87.1 Å². The van der Waals surface area contributed by atoms with Gasteiger partial charge in [-0.05, 0) is 24.3 Å². The number of benzene rings is 1. The molecule has 0 radical (unpaired) electrons. The first-order chi connectivity index (χ1) is 9.47. The monoisotopic (exact) mass is 343 g/mol. The summed E-state index contributed by atoms with van der Waals surface area (Å²) < 4.78 is 6.21. The third-order valence-corrected chi connectivity index (χ3v) is 3.59. The first kappa shape index (κ1) is 14.8. The number of aliphatic carboxylic acids is 1. The van der Waals surface area contributed by atoms with Gasteiger partial charge in [0.05, 0.1) is 6.10 Å². The van der Waals surface area contributed by atoms with Crippen LogP contribution in [0.15, 0.2) is 28.7 Å². The van der Waals surface area contributed by atoms with Crippen molar-refractivity contribution in [1.29, 1.82) is 0 Å². The van der Waals surface area contributed by atoms with Crippen molar-refractivity contribution >= 4 is 27.8 Å². The molecule has 1 heterocycles. The van der Waals surface area contributed by atoms with Crippen LogP contribution in [0.1, 0.15) is 6.42 Å². The number of aliphatic hydroxyl groups is 1. The van der Waals surface area contributed by atoms with Gasteiger partial charge in [-0.1, -0.05) is 15.9 Å². The van der Waals surface area contributed by atoms with E-state index in [1.54, 1.807) is 24.3 Å². The highest BCUT2D eigenvalue weighted by atomic mass is 79.9. The second-order valence-corrected chi connectivity index (χ2v) is 5.45. The van der Waals surface area contributed by atoms with E-state index in [-0.39, 0.29) is 19.6 Å². The van der Waals surface area contributed by atoms with Gasteiger partial charge in [-0.3, -0.25) is 4.79 Å². The summed E-state index contributed by atoms with van der Waals surface area (Å²) in [6, 6.07) is 5.97. The normalized spacial score (nSPS) is 21.8. The summed E-state index contributed by atoms with van der Waals surface area (Å²) in [5.41, 5.74) is 0. The molecule has 1 fully saturated rings. The van der Waals surface area contributed by atoms with Gasteiger partial charge >= 0.3 is 5.97 Å². The van der Waals surface area contributed by atoms with E-state index in [1.807, 2.05) is 0 Å². The number of nitrogens with zero attached hydrogens (tertiary/aromatic N) is 1. The fourth-order valence-corrected chi connectivity index (χ4v) is 2.35. The number of carboxylic acid groups (broad SMARTS) is 1. The van der Waals surface area contributed by atoms with Gasteiger partial charge in [0.2, 0.25) is 0 Å². The van der Waals surface area contributed by atoms with Crippen LogP contribution in [0, 0.1) is 0 Å². The van der Waals surface area contributed by atoms with Crippen molar-refractivity contribution in [2.24, 2.45) is 0 Å². The second-order valence-electron chi connectivity index (χ2n) is 4.53. The zero-order valence-corrected chi connectivity index (χ0v) is 12.1. The lowest BCUT2D eigenvalue weighted by atomic mass is 10.2. The molecule has 20 heavy (non-hydrogen) atoms. The van der Waals surface area contributed by atoms with Gasteiger partial charge in [0.1, 0.15) is 11.8 Å². The average Bonchev–Trinajstić information content (AvgIpc) is 2.80. The molecule has 1 aromatic rings. The molecule has 2 atom stereocenters. The number of carboxylic acids is 1. The van der Waals surface area contributed by atoms with E-state index < -0.39 is 24.0 Å². The van der Waals surface area contributed by atoms with Crippen LogP contribution in [0.5, 0.6) is 5.75 Å². The summed E-state index contributed by atoms with van der Waals surface area (Å²) in [5, 5.41) is 18.5. The predicted octanol–water partition coefficient (Wildman–Crippen LogP) is 0.874. The van der Waals surface area contributed by atoms with Gasteiger partial charge in [-0.25, -0.2) is 4.79 Å². The summed E-state index contributed by atoms with van der Waals surface area (Å²) in [7, 11) is 0. The molecule has 1 amide bonds. The smallest absolute Gasteiger partial charge is 0.326 e. The van der Waals surface area contributed by atoms with Crippen molar-refractivity contribution in [3.8, 4) is 5.75 Å². The molecule has 1 saturated heterocycles. The van der Waals surface area contributed by atoms with E-state index in [4.69, 9.17) is 9.84 Å². The molecule has 1 aliphatic rings. The number of carbonyl (C=O) groups excluding carboxylic acids is 1. The highest BCUT2D eigenvalue weighted by Crippen LogP contribution is 2.19. The molecule has 1 aliphatic heterocycles. The molecule has 0 spiro atoms. The van der Waals surface area contributed by atoms with Gasteiger partial charge in [0.15, 0.2) is 6.61 Å². The van der Waals surface area contributed by atoms with E-state index in [0.717, 1.165) is 9.37 Å². The molecule has 108 valence electrons. The number of hydrogen-bond donors (Lipinski definition) is 2. The molecule has 0 unspecified atom stereocenters. The Bertz CT molecular complexity index is 504. The molecule has 6 nitrogen and oxygen atoms in total. The Labute approximate surface area is 124 Å². The summed E-state index contributed by atoms with van der Waals surface area (Å²) in [4.78, 5) is 24.1. The maximum absolute atomic E-state index is 12.0. The number of likely N-dealkylation sites (tertiary alicyclic amines) is 1. The van der Waals surface area contributed by atoms with Crippen molar-refractivity contribution in [2.75, 3.05) is 13.2 Å². The van der Waals surface area contributed by atoms with Crippen molar-refractivity contribution in [2.45, 2.75) is 18.6 Å². The molecule has 0 aromatic heterocycles. The number of amides is 1. The molecule has 0 bridgehead atoms. The minimum atomic E-state index is -1.11. The average molecular weight is 344 g/mol. The number of carbonyl (C=O) groups is 2. The molecule has 0 aliphatic carbocycles. The van der Waals surface area contributed by atoms with Crippen LogP contribution >= 0.6 is 15.9 Å². The number of hydrogen-bond acceptors (Lipinski definition) is 4.